The summed E-state index contributed by atoms with van der Waals surface area (Å²) in [6.45, 7) is 7.32. The fourth-order valence-corrected chi connectivity index (χ4v) is 2.22. The zero-order chi connectivity index (χ0) is 11.1. The van der Waals surface area contributed by atoms with Gasteiger partial charge in [0.1, 0.15) is 0 Å². The van der Waals surface area contributed by atoms with Crippen LogP contribution in [0.4, 0.5) is 0 Å². The van der Waals surface area contributed by atoms with E-state index in [0.717, 1.165) is 51.7 Å². The van der Waals surface area contributed by atoms with Crippen LogP contribution in [0.25, 0.3) is 0 Å². The Kier molecular flexibility index (Phi) is 5.14. The number of rotatable bonds is 3. The van der Waals surface area contributed by atoms with E-state index in [2.05, 4.69) is 23.7 Å². The Labute approximate surface area is 93.7 Å². The minimum absolute atomic E-state index is 0.451. The lowest BCUT2D eigenvalue weighted by molar-refractivity contribution is 0.0185. The first kappa shape index (κ1) is 12.5. The summed E-state index contributed by atoms with van der Waals surface area (Å²) >= 11 is 0. The maximum absolute atomic E-state index is 10.4. The molecule has 0 aliphatic carbocycles. The average Bonchev–Trinajstić information content (AvgIpc) is 2.41. The molecule has 1 saturated heterocycles. The maximum Gasteiger partial charge on any atom is 0.0669 e. The minimum Gasteiger partial charge on any atom is -0.390 e. The molecule has 0 amide bonds. The van der Waals surface area contributed by atoms with Crippen LogP contribution < -0.4 is 0 Å². The van der Waals surface area contributed by atoms with Gasteiger partial charge in [0.05, 0.1) is 5.60 Å². The van der Waals surface area contributed by atoms with E-state index in [1.165, 1.54) is 0 Å². The van der Waals surface area contributed by atoms with Crippen molar-refractivity contribution in [2.75, 3.05) is 19.6 Å². The van der Waals surface area contributed by atoms with Crippen LogP contribution in [0.15, 0.2) is 0 Å². The summed E-state index contributed by atoms with van der Waals surface area (Å²) in [5.74, 6) is 5.93. The van der Waals surface area contributed by atoms with E-state index in [-0.39, 0.29) is 0 Å². The Hall–Kier alpha value is -0.520. The average molecular weight is 209 g/mol. The molecule has 0 radical (unpaired) electrons. The molecular formula is C13H23NO. The van der Waals surface area contributed by atoms with Gasteiger partial charge in [-0.15, -0.1) is 11.8 Å². The standard InChI is InChI=1S/C13H23NO/c1-3-5-6-8-13(15)9-7-11-14(4-2)12-10-13/h15H,4,6-12H2,1-2H3. The van der Waals surface area contributed by atoms with Crippen molar-refractivity contribution in [2.45, 2.75) is 51.6 Å². The molecule has 0 aromatic heterocycles. The van der Waals surface area contributed by atoms with Gasteiger partial charge in [-0.05, 0) is 45.7 Å². The summed E-state index contributed by atoms with van der Waals surface area (Å²) in [4.78, 5) is 2.42. The van der Waals surface area contributed by atoms with Crippen LogP contribution in [0.1, 0.15) is 46.0 Å². The van der Waals surface area contributed by atoms with E-state index in [1.807, 2.05) is 6.92 Å². The van der Waals surface area contributed by atoms with Crippen molar-refractivity contribution in [3.63, 3.8) is 0 Å². The van der Waals surface area contributed by atoms with Crippen molar-refractivity contribution < 1.29 is 5.11 Å². The number of aliphatic hydroxyl groups is 1. The number of likely N-dealkylation sites (tertiary alicyclic amines) is 1. The minimum atomic E-state index is -0.451. The number of nitrogens with zero attached hydrogens (tertiary/aromatic N) is 1. The second-order valence-electron chi connectivity index (χ2n) is 4.44. The largest absolute Gasteiger partial charge is 0.390 e. The Morgan fingerprint density at radius 3 is 2.80 bits per heavy atom. The first-order valence-corrected chi connectivity index (χ1v) is 6.04. The summed E-state index contributed by atoms with van der Waals surface area (Å²) < 4.78 is 0. The molecule has 0 bridgehead atoms. The van der Waals surface area contributed by atoms with Gasteiger partial charge in [0.25, 0.3) is 0 Å². The number of hydrogen-bond acceptors (Lipinski definition) is 2. The fourth-order valence-electron chi connectivity index (χ4n) is 2.22. The van der Waals surface area contributed by atoms with Crippen molar-refractivity contribution in [1.82, 2.24) is 4.90 Å². The van der Waals surface area contributed by atoms with Gasteiger partial charge >= 0.3 is 0 Å². The van der Waals surface area contributed by atoms with E-state index in [0.29, 0.717) is 0 Å². The molecule has 2 nitrogen and oxygen atoms in total. The topological polar surface area (TPSA) is 23.5 Å². The molecule has 1 heterocycles. The van der Waals surface area contributed by atoms with Gasteiger partial charge in [0, 0.05) is 13.0 Å². The van der Waals surface area contributed by atoms with Crippen molar-refractivity contribution in [3.8, 4) is 11.8 Å². The highest BCUT2D eigenvalue weighted by Crippen LogP contribution is 2.26. The van der Waals surface area contributed by atoms with Crippen molar-refractivity contribution >= 4 is 0 Å². The van der Waals surface area contributed by atoms with Crippen molar-refractivity contribution in [2.24, 2.45) is 0 Å². The first-order valence-electron chi connectivity index (χ1n) is 6.04. The molecule has 0 aromatic carbocycles. The van der Waals surface area contributed by atoms with E-state index in [4.69, 9.17) is 0 Å². The molecule has 1 fully saturated rings. The van der Waals surface area contributed by atoms with Crippen molar-refractivity contribution in [3.05, 3.63) is 0 Å². The summed E-state index contributed by atoms with van der Waals surface area (Å²) in [5.41, 5.74) is -0.451. The highest BCUT2D eigenvalue weighted by molar-refractivity contribution is 4.97. The molecule has 1 aliphatic rings. The van der Waals surface area contributed by atoms with Crippen LogP contribution >= 0.6 is 0 Å². The van der Waals surface area contributed by atoms with Gasteiger partial charge in [-0.25, -0.2) is 0 Å². The molecule has 1 atom stereocenters. The van der Waals surface area contributed by atoms with Crippen LogP contribution in [0.3, 0.4) is 0 Å². The highest BCUT2D eigenvalue weighted by Gasteiger charge is 2.28. The van der Waals surface area contributed by atoms with Crippen LogP contribution in [-0.2, 0) is 0 Å². The quantitative estimate of drug-likeness (QED) is 0.719. The second-order valence-corrected chi connectivity index (χ2v) is 4.44. The van der Waals surface area contributed by atoms with Crippen LogP contribution in [0.2, 0.25) is 0 Å². The molecule has 15 heavy (non-hydrogen) atoms. The fraction of sp³-hybridized carbons (Fsp3) is 0.846. The van der Waals surface area contributed by atoms with Crippen LogP contribution in [0.5, 0.6) is 0 Å². The van der Waals surface area contributed by atoms with Crippen LogP contribution in [-0.4, -0.2) is 35.2 Å². The SMILES string of the molecule is CC#CCCC1(O)CCCN(CC)CC1. The molecule has 2 heteroatoms. The molecule has 1 aliphatic heterocycles. The Morgan fingerprint density at radius 2 is 2.13 bits per heavy atom. The zero-order valence-corrected chi connectivity index (χ0v) is 10.1. The third-order valence-corrected chi connectivity index (χ3v) is 3.35. The summed E-state index contributed by atoms with van der Waals surface area (Å²) in [5, 5.41) is 10.4. The second kappa shape index (κ2) is 6.15. The maximum atomic E-state index is 10.4. The zero-order valence-electron chi connectivity index (χ0n) is 10.1. The summed E-state index contributed by atoms with van der Waals surface area (Å²) in [7, 11) is 0. The predicted molar refractivity (Wildman–Crippen MR) is 63.6 cm³/mol. The van der Waals surface area contributed by atoms with Gasteiger partial charge in [0.2, 0.25) is 0 Å². The Balaban J connectivity index is 2.41. The van der Waals surface area contributed by atoms with E-state index in [1.54, 1.807) is 0 Å². The third kappa shape index (κ3) is 4.24. The smallest absolute Gasteiger partial charge is 0.0669 e. The summed E-state index contributed by atoms with van der Waals surface area (Å²) in [6.07, 6.45) is 4.63. The highest BCUT2D eigenvalue weighted by atomic mass is 16.3. The first-order chi connectivity index (χ1) is 7.20. The molecule has 1 unspecified atom stereocenters. The summed E-state index contributed by atoms with van der Waals surface area (Å²) in [6, 6.07) is 0. The van der Waals surface area contributed by atoms with Gasteiger partial charge in [-0.3, -0.25) is 0 Å². The molecule has 86 valence electrons. The van der Waals surface area contributed by atoms with Gasteiger partial charge in [-0.2, -0.15) is 0 Å². The predicted octanol–water partition coefficient (Wildman–Crippen LogP) is 2.03. The molecule has 0 aromatic rings. The lowest BCUT2D eigenvalue weighted by Gasteiger charge is -2.26. The van der Waals surface area contributed by atoms with Gasteiger partial charge in [0.15, 0.2) is 0 Å². The normalized spacial score (nSPS) is 27.9. The lowest BCUT2D eigenvalue weighted by Crippen LogP contribution is -2.31. The molecule has 0 spiro atoms. The molecule has 0 saturated carbocycles. The number of hydrogen-bond donors (Lipinski definition) is 1. The van der Waals surface area contributed by atoms with E-state index in [9.17, 15) is 5.11 Å². The molecular weight excluding hydrogens is 186 g/mol. The Morgan fingerprint density at radius 1 is 1.33 bits per heavy atom. The van der Waals surface area contributed by atoms with E-state index < -0.39 is 5.60 Å². The monoisotopic (exact) mass is 209 g/mol. The molecule has 1 N–H and O–H groups in total. The van der Waals surface area contributed by atoms with Crippen LogP contribution in [0, 0.1) is 11.8 Å². The molecule has 1 rings (SSSR count). The van der Waals surface area contributed by atoms with Crippen molar-refractivity contribution in [1.29, 1.82) is 0 Å². The Bertz CT molecular complexity index is 241. The van der Waals surface area contributed by atoms with Gasteiger partial charge < -0.3 is 10.0 Å². The third-order valence-electron chi connectivity index (χ3n) is 3.35. The van der Waals surface area contributed by atoms with E-state index >= 15 is 0 Å². The van der Waals surface area contributed by atoms with Gasteiger partial charge in [-0.1, -0.05) is 6.92 Å². The lowest BCUT2D eigenvalue weighted by atomic mass is 9.90.